The lowest BCUT2D eigenvalue weighted by molar-refractivity contribution is -0.150. The van der Waals surface area contributed by atoms with Crippen LogP contribution in [-0.4, -0.2) is 18.1 Å². The molecule has 1 heterocycles. The zero-order chi connectivity index (χ0) is 9.90. The molecule has 0 radical (unpaired) electrons. The molecule has 3 heteroatoms. The van der Waals surface area contributed by atoms with Crippen molar-refractivity contribution in [1.82, 2.24) is 5.32 Å². The third kappa shape index (κ3) is 3.49. The minimum absolute atomic E-state index is 0.243. The first-order valence-corrected chi connectivity index (χ1v) is 4.66. The Hall–Kier alpha value is -0.990. The molecular weight excluding hydrogens is 166 g/mol. The van der Waals surface area contributed by atoms with Gasteiger partial charge < -0.3 is 10.1 Å². The van der Waals surface area contributed by atoms with Crippen molar-refractivity contribution < 1.29 is 9.53 Å². The normalized spacial score (nSPS) is 17.3. The second kappa shape index (κ2) is 3.81. The number of ether oxygens (including phenoxy) is 1. The van der Waals surface area contributed by atoms with Gasteiger partial charge in [0.2, 0.25) is 0 Å². The van der Waals surface area contributed by atoms with Crippen LogP contribution in [0.1, 0.15) is 33.6 Å². The third-order valence-electron chi connectivity index (χ3n) is 1.66. The van der Waals surface area contributed by atoms with Crippen molar-refractivity contribution in [3.63, 3.8) is 0 Å². The maximum Gasteiger partial charge on any atom is 0.354 e. The van der Waals surface area contributed by atoms with Gasteiger partial charge in [-0.05, 0) is 33.6 Å². The van der Waals surface area contributed by atoms with Gasteiger partial charge in [-0.1, -0.05) is 6.08 Å². The second-order valence-corrected chi connectivity index (χ2v) is 4.19. The van der Waals surface area contributed by atoms with E-state index in [1.54, 1.807) is 0 Å². The highest BCUT2D eigenvalue weighted by atomic mass is 16.6. The molecule has 0 aromatic rings. The van der Waals surface area contributed by atoms with Crippen LogP contribution in [-0.2, 0) is 9.53 Å². The Morgan fingerprint density at radius 2 is 2.23 bits per heavy atom. The minimum atomic E-state index is -0.406. The molecule has 1 aliphatic rings. The lowest BCUT2D eigenvalue weighted by atomic mass is 10.1. The van der Waals surface area contributed by atoms with Gasteiger partial charge in [0.1, 0.15) is 11.3 Å². The summed E-state index contributed by atoms with van der Waals surface area (Å²) in [7, 11) is 0. The number of allylic oxidation sites excluding steroid dienone is 1. The summed E-state index contributed by atoms with van der Waals surface area (Å²) in [6.45, 7) is 6.47. The Morgan fingerprint density at radius 3 is 2.69 bits per heavy atom. The van der Waals surface area contributed by atoms with Crippen molar-refractivity contribution in [2.24, 2.45) is 0 Å². The number of rotatable bonds is 1. The maximum atomic E-state index is 11.5. The van der Waals surface area contributed by atoms with Gasteiger partial charge in [-0.2, -0.15) is 0 Å². The number of hydrogen-bond donors (Lipinski definition) is 1. The van der Waals surface area contributed by atoms with Crippen LogP contribution < -0.4 is 5.32 Å². The highest BCUT2D eigenvalue weighted by Gasteiger charge is 2.20. The molecule has 0 saturated carbocycles. The minimum Gasteiger partial charge on any atom is -0.455 e. The van der Waals surface area contributed by atoms with Crippen LogP contribution in [0.4, 0.5) is 0 Å². The summed E-state index contributed by atoms with van der Waals surface area (Å²) in [5.74, 6) is -0.243. The topological polar surface area (TPSA) is 38.3 Å². The molecule has 3 nitrogen and oxygen atoms in total. The Labute approximate surface area is 79.2 Å². The highest BCUT2D eigenvalue weighted by molar-refractivity contribution is 5.88. The summed E-state index contributed by atoms with van der Waals surface area (Å²) < 4.78 is 5.21. The van der Waals surface area contributed by atoms with Crippen molar-refractivity contribution in [1.29, 1.82) is 0 Å². The summed E-state index contributed by atoms with van der Waals surface area (Å²) in [5.41, 5.74) is 0.206. The molecule has 0 spiro atoms. The van der Waals surface area contributed by atoms with Gasteiger partial charge in [0.15, 0.2) is 0 Å². The zero-order valence-corrected chi connectivity index (χ0v) is 8.52. The molecule has 0 amide bonds. The van der Waals surface area contributed by atoms with Crippen LogP contribution in [0, 0.1) is 0 Å². The third-order valence-corrected chi connectivity index (χ3v) is 1.66. The van der Waals surface area contributed by atoms with Gasteiger partial charge in [-0.15, -0.1) is 0 Å². The van der Waals surface area contributed by atoms with E-state index in [0.717, 1.165) is 19.4 Å². The van der Waals surface area contributed by atoms with Gasteiger partial charge in [0.05, 0.1) is 0 Å². The van der Waals surface area contributed by atoms with Crippen LogP contribution in [0.2, 0.25) is 0 Å². The smallest absolute Gasteiger partial charge is 0.354 e. The predicted octanol–water partition coefficient (Wildman–Crippen LogP) is 1.60. The van der Waals surface area contributed by atoms with Crippen molar-refractivity contribution in [3.05, 3.63) is 11.8 Å². The second-order valence-electron chi connectivity index (χ2n) is 4.19. The number of hydrogen-bond acceptors (Lipinski definition) is 3. The Kier molecular flexibility index (Phi) is 2.96. The fourth-order valence-electron chi connectivity index (χ4n) is 1.13. The summed E-state index contributed by atoms with van der Waals surface area (Å²) in [5, 5.41) is 3.03. The number of esters is 1. The lowest BCUT2D eigenvalue weighted by Crippen LogP contribution is -2.31. The molecule has 0 saturated heterocycles. The Bertz CT molecular complexity index is 226. The van der Waals surface area contributed by atoms with Crippen LogP contribution in [0.5, 0.6) is 0 Å². The molecule has 0 aromatic carbocycles. The van der Waals surface area contributed by atoms with Crippen LogP contribution in [0.15, 0.2) is 11.8 Å². The van der Waals surface area contributed by atoms with E-state index in [4.69, 9.17) is 4.74 Å². The molecule has 0 aromatic heterocycles. The molecule has 74 valence electrons. The largest absolute Gasteiger partial charge is 0.455 e. The fraction of sp³-hybridized carbons (Fsp3) is 0.700. The summed E-state index contributed by atoms with van der Waals surface area (Å²) in [4.78, 5) is 11.5. The first kappa shape index (κ1) is 10.1. The van der Waals surface area contributed by atoms with E-state index in [0.29, 0.717) is 5.70 Å². The van der Waals surface area contributed by atoms with Crippen LogP contribution in [0.3, 0.4) is 0 Å². The van der Waals surface area contributed by atoms with Gasteiger partial charge in [-0.3, -0.25) is 0 Å². The average Bonchev–Trinajstić information content (AvgIpc) is 2.03. The molecule has 0 unspecified atom stereocenters. The SMILES string of the molecule is CC(C)(C)OC(=O)C1=CCCCN1. The molecule has 0 fully saturated rings. The molecule has 0 aliphatic carbocycles. The zero-order valence-electron chi connectivity index (χ0n) is 8.52. The van der Waals surface area contributed by atoms with Gasteiger partial charge in [0.25, 0.3) is 0 Å². The van der Waals surface area contributed by atoms with E-state index in [1.807, 2.05) is 26.8 Å². The van der Waals surface area contributed by atoms with Crippen molar-refractivity contribution in [3.8, 4) is 0 Å². The maximum absolute atomic E-state index is 11.5. The number of carbonyl (C=O) groups is 1. The van der Waals surface area contributed by atoms with E-state index in [-0.39, 0.29) is 5.97 Å². The monoisotopic (exact) mass is 183 g/mol. The molecular formula is C10H17NO2. The average molecular weight is 183 g/mol. The number of nitrogens with one attached hydrogen (secondary N) is 1. The molecule has 13 heavy (non-hydrogen) atoms. The summed E-state index contributed by atoms with van der Waals surface area (Å²) in [6, 6.07) is 0. The Balaban J connectivity index is 2.52. The van der Waals surface area contributed by atoms with Crippen molar-refractivity contribution >= 4 is 5.97 Å². The van der Waals surface area contributed by atoms with Gasteiger partial charge in [-0.25, -0.2) is 4.79 Å². The highest BCUT2D eigenvalue weighted by Crippen LogP contribution is 2.12. The Morgan fingerprint density at radius 1 is 1.54 bits per heavy atom. The van der Waals surface area contributed by atoms with E-state index >= 15 is 0 Å². The van der Waals surface area contributed by atoms with Crippen LogP contribution >= 0.6 is 0 Å². The molecule has 1 aliphatic heterocycles. The van der Waals surface area contributed by atoms with Gasteiger partial charge in [0, 0.05) is 6.54 Å². The molecule has 1 rings (SSSR count). The van der Waals surface area contributed by atoms with E-state index in [2.05, 4.69) is 5.32 Å². The van der Waals surface area contributed by atoms with Crippen molar-refractivity contribution in [2.75, 3.05) is 6.54 Å². The molecule has 1 N–H and O–H groups in total. The molecule has 0 bridgehead atoms. The fourth-order valence-corrected chi connectivity index (χ4v) is 1.13. The van der Waals surface area contributed by atoms with E-state index < -0.39 is 5.60 Å². The predicted molar refractivity (Wildman–Crippen MR) is 51.2 cm³/mol. The van der Waals surface area contributed by atoms with E-state index in [9.17, 15) is 4.79 Å². The lowest BCUT2D eigenvalue weighted by Gasteiger charge is -2.22. The van der Waals surface area contributed by atoms with Gasteiger partial charge >= 0.3 is 5.97 Å². The summed E-state index contributed by atoms with van der Waals surface area (Å²) >= 11 is 0. The van der Waals surface area contributed by atoms with Crippen molar-refractivity contribution in [2.45, 2.75) is 39.2 Å². The van der Waals surface area contributed by atoms with E-state index in [1.165, 1.54) is 0 Å². The standard InChI is InChI=1S/C10H17NO2/c1-10(2,3)13-9(12)8-6-4-5-7-11-8/h6,11H,4-5,7H2,1-3H3. The van der Waals surface area contributed by atoms with Crippen LogP contribution in [0.25, 0.3) is 0 Å². The number of carbonyl (C=O) groups excluding carboxylic acids is 1. The first-order valence-electron chi connectivity index (χ1n) is 4.66. The quantitative estimate of drug-likeness (QED) is 0.627. The first-order chi connectivity index (χ1) is 5.99. The molecule has 0 atom stereocenters. The summed E-state index contributed by atoms with van der Waals surface area (Å²) in [6.07, 6.45) is 3.95.